The number of hydrogen-bond acceptors (Lipinski definition) is 6. The van der Waals surface area contributed by atoms with Crippen molar-refractivity contribution in [1.29, 1.82) is 0 Å². The highest BCUT2D eigenvalue weighted by Crippen LogP contribution is 2.32. The van der Waals surface area contributed by atoms with Crippen LogP contribution in [0, 0.1) is 12.8 Å². The molecule has 1 aliphatic rings. The van der Waals surface area contributed by atoms with Crippen molar-refractivity contribution in [2.45, 2.75) is 33.7 Å². The number of fused-ring (bicyclic) bond motifs is 1. The molecule has 0 atom stereocenters. The topological polar surface area (TPSA) is 92.9 Å². The molecule has 0 saturated heterocycles. The molecule has 0 saturated carbocycles. The SMILES string of the molecule is Cc1ncc2c(c1-c1noc(-c3ccccc3NC(=O)C(C)C)n1)CCNC2. The Morgan fingerprint density at radius 2 is 2.11 bits per heavy atom. The Kier molecular flexibility index (Phi) is 4.92. The lowest BCUT2D eigenvalue weighted by atomic mass is 9.95. The van der Waals surface area contributed by atoms with Crippen molar-refractivity contribution in [3.05, 3.63) is 47.3 Å². The molecule has 3 aromatic rings. The van der Waals surface area contributed by atoms with E-state index in [9.17, 15) is 4.79 Å². The number of anilines is 1. The number of para-hydroxylation sites is 1. The number of hydrogen-bond donors (Lipinski definition) is 2. The van der Waals surface area contributed by atoms with Crippen LogP contribution in [0.1, 0.15) is 30.7 Å². The van der Waals surface area contributed by atoms with Crippen molar-refractivity contribution < 1.29 is 9.32 Å². The highest BCUT2D eigenvalue weighted by molar-refractivity contribution is 5.95. The van der Waals surface area contributed by atoms with Gasteiger partial charge in [0.2, 0.25) is 11.7 Å². The van der Waals surface area contributed by atoms with Gasteiger partial charge in [0.15, 0.2) is 0 Å². The van der Waals surface area contributed by atoms with E-state index in [2.05, 4.69) is 25.8 Å². The summed E-state index contributed by atoms with van der Waals surface area (Å²) in [6, 6.07) is 7.45. The zero-order valence-electron chi connectivity index (χ0n) is 16.2. The second-order valence-corrected chi connectivity index (χ2v) is 7.26. The lowest BCUT2D eigenvalue weighted by molar-refractivity contribution is -0.118. The van der Waals surface area contributed by atoms with E-state index in [1.54, 1.807) is 0 Å². The van der Waals surface area contributed by atoms with Gasteiger partial charge in [0.05, 0.1) is 11.3 Å². The minimum absolute atomic E-state index is 0.0585. The van der Waals surface area contributed by atoms with Crippen molar-refractivity contribution in [3.63, 3.8) is 0 Å². The molecule has 1 aliphatic heterocycles. The van der Waals surface area contributed by atoms with Crippen LogP contribution in [0.3, 0.4) is 0 Å². The summed E-state index contributed by atoms with van der Waals surface area (Å²) in [7, 11) is 0. The molecule has 28 heavy (non-hydrogen) atoms. The molecule has 4 rings (SSSR count). The third kappa shape index (κ3) is 3.41. The van der Waals surface area contributed by atoms with Crippen LogP contribution < -0.4 is 10.6 Å². The molecule has 0 radical (unpaired) electrons. The van der Waals surface area contributed by atoms with E-state index in [4.69, 9.17) is 4.52 Å². The van der Waals surface area contributed by atoms with Gasteiger partial charge in [0.25, 0.3) is 5.89 Å². The number of aromatic nitrogens is 3. The molecule has 7 nitrogen and oxygen atoms in total. The summed E-state index contributed by atoms with van der Waals surface area (Å²) in [5.41, 5.74) is 5.58. The fourth-order valence-corrected chi connectivity index (χ4v) is 3.36. The Hall–Kier alpha value is -3.06. The first kappa shape index (κ1) is 18.3. The van der Waals surface area contributed by atoms with Gasteiger partial charge >= 0.3 is 0 Å². The van der Waals surface area contributed by atoms with E-state index in [0.29, 0.717) is 23.0 Å². The molecule has 1 amide bonds. The average Bonchev–Trinajstić information content (AvgIpc) is 3.17. The van der Waals surface area contributed by atoms with Crippen LogP contribution in [0.4, 0.5) is 5.69 Å². The maximum absolute atomic E-state index is 12.1. The van der Waals surface area contributed by atoms with Crippen LogP contribution in [0.5, 0.6) is 0 Å². The predicted octanol–water partition coefficient (Wildman–Crippen LogP) is 3.35. The average molecular weight is 377 g/mol. The van der Waals surface area contributed by atoms with Crippen molar-refractivity contribution in [2.75, 3.05) is 11.9 Å². The molecule has 0 fully saturated rings. The Balaban J connectivity index is 1.73. The number of carbonyl (C=O) groups excluding carboxylic acids is 1. The van der Waals surface area contributed by atoms with E-state index in [0.717, 1.165) is 30.8 Å². The van der Waals surface area contributed by atoms with Gasteiger partial charge in [-0.1, -0.05) is 31.1 Å². The quantitative estimate of drug-likeness (QED) is 0.724. The number of carbonyl (C=O) groups is 1. The van der Waals surface area contributed by atoms with Gasteiger partial charge in [0, 0.05) is 29.9 Å². The number of nitrogens with one attached hydrogen (secondary N) is 2. The third-order valence-electron chi connectivity index (χ3n) is 4.92. The lowest BCUT2D eigenvalue weighted by Gasteiger charge is -2.19. The van der Waals surface area contributed by atoms with Crippen LogP contribution in [-0.2, 0) is 17.8 Å². The first-order chi connectivity index (χ1) is 13.5. The minimum atomic E-state index is -0.121. The number of rotatable bonds is 4. The summed E-state index contributed by atoms with van der Waals surface area (Å²) in [6.45, 7) is 7.38. The highest BCUT2D eigenvalue weighted by Gasteiger charge is 2.22. The molecule has 144 valence electrons. The van der Waals surface area contributed by atoms with Gasteiger partial charge in [-0.15, -0.1) is 0 Å². The van der Waals surface area contributed by atoms with Crippen LogP contribution >= 0.6 is 0 Å². The normalized spacial score (nSPS) is 13.4. The standard InChI is InChI=1S/C21H23N5O2/c1-12(2)20(27)24-17-7-5-4-6-16(17)21-25-19(26-28-21)18-13(3)23-11-14-10-22-9-8-15(14)18/h4-7,11-12,22H,8-10H2,1-3H3,(H,24,27). The van der Waals surface area contributed by atoms with E-state index < -0.39 is 0 Å². The molecule has 3 heterocycles. The number of amides is 1. The largest absolute Gasteiger partial charge is 0.334 e. The number of aryl methyl sites for hydroxylation is 1. The van der Waals surface area contributed by atoms with Crippen molar-refractivity contribution in [1.82, 2.24) is 20.4 Å². The smallest absolute Gasteiger partial charge is 0.260 e. The molecule has 0 bridgehead atoms. The Labute approximate surface area is 163 Å². The van der Waals surface area contributed by atoms with Gasteiger partial charge in [0.1, 0.15) is 0 Å². The number of benzene rings is 1. The summed E-state index contributed by atoms with van der Waals surface area (Å²) >= 11 is 0. The second-order valence-electron chi connectivity index (χ2n) is 7.26. The monoisotopic (exact) mass is 377 g/mol. The Morgan fingerprint density at radius 3 is 2.93 bits per heavy atom. The van der Waals surface area contributed by atoms with E-state index in [1.807, 2.05) is 51.2 Å². The zero-order valence-corrected chi connectivity index (χ0v) is 16.2. The fourth-order valence-electron chi connectivity index (χ4n) is 3.36. The first-order valence-corrected chi connectivity index (χ1v) is 9.47. The summed E-state index contributed by atoms with van der Waals surface area (Å²) in [6.07, 6.45) is 2.82. The summed E-state index contributed by atoms with van der Waals surface area (Å²) in [4.78, 5) is 21.3. The maximum Gasteiger partial charge on any atom is 0.260 e. The number of nitrogens with zero attached hydrogens (tertiary/aromatic N) is 3. The second kappa shape index (κ2) is 7.52. The third-order valence-corrected chi connectivity index (χ3v) is 4.92. The molecule has 0 unspecified atom stereocenters. The molecule has 0 spiro atoms. The lowest BCUT2D eigenvalue weighted by Crippen LogP contribution is -2.24. The molecule has 2 N–H and O–H groups in total. The van der Waals surface area contributed by atoms with E-state index >= 15 is 0 Å². The van der Waals surface area contributed by atoms with Crippen molar-refractivity contribution in [2.24, 2.45) is 5.92 Å². The van der Waals surface area contributed by atoms with Gasteiger partial charge in [-0.05, 0) is 43.1 Å². The molecule has 1 aromatic carbocycles. The number of pyridine rings is 1. The summed E-state index contributed by atoms with van der Waals surface area (Å²) in [5.74, 6) is 0.727. The van der Waals surface area contributed by atoms with Crippen LogP contribution in [-0.4, -0.2) is 27.6 Å². The molecule has 2 aromatic heterocycles. The maximum atomic E-state index is 12.1. The molecular formula is C21H23N5O2. The highest BCUT2D eigenvalue weighted by atomic mass is 16.5. The summed E-state index contributed by atoms with van der Waals surface area (Å²) < 4.78 is 5.58. The Bertz CT molecular complexity index is 1030. The molecular weight excluding hydrogens is 354 g/mol. The van der Waals surface area contributed by atoms with Gasteiger partial charge in [-0.2, -0.15) is 4.98 Å². The van der Waals surface area contributed by atoms with Crippen molar-refractivity contribution in [3.8, 4) is 22.8 Å². The van der Waals surface area contributed by atoms with E-state index in [-0.39, 0.29) is 11.8 Å². The van der Waals surface area contributed by atoms with Crippen LogP contribution in [0.15, 0.2) is 35.0 Å². The van der Waals surface area contributed by atoms with Gasteiger partial charge in [-0.25, -0.2) is 0 Å². The summed E-state index contributed by atoms with van der Waals surface area (Å²) in [5, 5.41) is 10.5. The zero-order chi connectivity index (χ0) is 19.7. The Morgan fingerprint density at radius 1 is 1.29 bits per heavy atom. The predicted molar refractivity (Wildman–Crippen MR) is 107 cm³/mol. The fraction of sp³-hybridized carbons (Fsp3) is 0.333. The van der Waals surface area contributed by atoms with Gasteiger partial charge < -0.3 is 15.2 Å². The van der Waals surface area contributed by atoms with Crippen molar-refractivity contribution >= 4 is 11.6 Å². The van der Waals surface area contributed by atoms with E-state index in [1.165, 1.54) is 11.1 Å². The van der Waals surface area contributed by atoms with Crippen LogP contribution in [0.2, 0.25) is 0 Å². The first-order valence-electron chi connectivity index (χ1n) is 9.47. The molecule has 0 aliphatic carbocycles. The van der Waals surface area contributed by atoms with Crippen LogP contribution in [0.25, 0.3) is 22.8 Å². The minimum Gasteiger partial charge on any atom is -0.334 e. The van der Waals surface area contributed by atoms with Gasteiger partial charge in [-0.3, -0.25) is 9.78 Å². The molecule has 7 heteroatoms.